The molecule has 0 amide bonds. The van der Waals surface area contributed by atoms with Crippen molar-refractivity contribution < 1.29 is 0 Å². The van der Waals surface area contributed by atoms with Crippen LogP contribution in [-0.4, -0.2) is 17.1 Å². The van der Waals surface area contributed by atoms with E-state index < -0.39 is 0 Å². The van der Waals surface area contributed by atoms with E-state index in [9.17, 15) is 0 Å². The minimum Gasteiger partial charge on any atom is -0.252 e. The Hall–Kier alpha value is -3.85. The molecule has 0 aliphatic carbocycles. The van der Waals surface area contributed by atoms with E-state index in [1.54, 1.807) is 0 Å². The number of allylic oxidation sites excluding steroid dienone is 2. The summed E-state index contributed by atoms with van der Waals surface area (Å²) in [5.74, 6) is 0. The van der Waals surface area contributed by atoms with Crippen LogP contribution in [-0.2, 0) is 0 Å². The summed E-state index contributed by atoms with van der Waals surface area (Å²) in [5, 5.41) is 4.84. The average molecular weight is 402 g/mol. The average Bonchev–Trinajstić information content (AvgIpc) is 3.30. The second-order valence-corrected chi connectivity index (χ2v) is 7.81. The number of nitrogens with zero attached hydrogens (tertiary/aromatic N) is 3. The summed E-state index contributed by atoms with van der Waals surface area (Å²) in [6.45, 7) is 4.05. The number of fused-ring (bicyclic) bond motifs is 2. The zero-order valence-electron chi connectivity index (χ0n) is 17.7. The highest BCUT2D eigenvalue weighted by Crippen LogP contribution is 2.24. The molecule has 1 aliphatic heterocycles. The molecule has 0 aromatic heterocycles. The molecule has 0 bridgehead atoms. The summed E-state index contributed by atoms with van der Waals surface area (Å²) in [6, 6.07) is 29.2. The van der Waals surface area contributed by atoms with Gasteiger partial charge in [-0.3, -0.25) is 9.98 Å². The fraction of sp³-hybridized carbons (Fsp3) is 0.107. The van der Waals surface area contributed by atoms with E-state index in [0.29, 0.717) is 0 Å². The van der Waals surface area contributed by atoms with Crippen molar-refractivity contribution in [2.24, 2.45) is 15.0 Å². The third kappa shape index (κ3) is 4.08. The van der Waals surface area contributed by atoms with Crippen LogP contribution >= 0.6 is 0 Å². The van der Waals surface area contributed by atoms with Crippen molar-refractivity contribution in [3.05, 3.63) is 96.7 Å². The van der Waals surface area contributed by atoms with Crippen LogP contribution in [0, 0.1) is 0 Å². The third-order valence-corrected chi connectivity index (χ3v) is 5.59. The number of hydrogen-bond acceptors (Lipinski definition) is 3. The fourth-order valence-electron chi connectivity index (χ4n) is 3.89. The normalized spacial score (nSPS) is 14.8. The van der Waals surface area contributed by atoms with Gasteiger partial charge in [-0.25, -0.2) is 4.99 Å². The van der Waals surface area contributed by atoms with Gasteiger partial charge in [-0.05, 0) is 59.7 Å². The van der Waals surface area contributed by atoms with E-state index in [1.165, 1.54) is 21.5 Å². The van der Waals surface area contributed by atoms with Crippen LogP contribution in [0.15, 0.2) is 112 Å². The molecule has 3 nitrogen and oxygen atoms in total. The van der Waals surface area contributed by atoms with Crippen molar-refractivity contribution in [3.8, 4) is 0 Å². The molecule has 0 N–H and O–H groups in total. The van der Waals surface area contributed by atoms with Crippen molar-refractivity contribution in [3.63, 3.8) is 0 Å². The standard InChI is InChI=1S/C28H23N3/c1-19(29-25-13-11-21-7-3-5-9-23(21)17-25)27-15-16-28(31-27)20(2)30-26-14-12-22-8-4-6-10-24(22)18-26/h3-15,17-18H,16H2,1-2H3. The molecule has 4 aromatic rings. The van der Waals surface area contributed by atoms with Crippen LogP contribution < -0.4 is 0 Å². The molecule has 0 atom stereocenters. The van der Waals surface area contributed by atoms with Crippen molar-refractivity contribution in [1.29, 1.82) is 0 Å². The SMILES string of the molecule is CC(=Nc1ccc2ccccc2c1)C1=CCC(C(C)=Nc2ccc3ccccc3c2)=N1. The van der Waals surface area contributed by atoms with E-state index in [1.807, 2.05) is 13.8 Å². The zero-order valence-corrected chi connectivity index (χ0v) is 17.7. The molecular weight excluding hydrogens is 378 g/mol. The first-order chi connectivity index (χ1) is 15.2. The minimum absolute atomic E-state index is 0.781. The minimum atomic E-state index is 0.781. The first-order valence-electron chi connectivity index (χ1n) is 10.5. The monoisotopic (exact) mass is 401 g/mol. The predicted octanol–water partition coefficient (Wildman–Crippen LogP) is 7.61. The summed E-state index contributed by atoms with van der Waals surface area (Å²) >= 11 is 0. The lowest BCUT2D eigenvalue weighted by Crippen LogP contribution is -2.06. The Labute approximate surface area is 182 Å². The lowest BCUT2D eigenvalue weighted by molar-refractivity contribution is 1.42. The molecular formula is C28H23N3. The van der Waals surface area contributed by atoms with Gasteiger partial charge in [0.25, 0.3) is 0 Å². The lowest BCUT2D eigenvalue weighted by atomic mass is 10.1. The van der Waals surface area contributed by atoms with Gasteiger partial charge in [0, 0.05) is 6.42 Å². The summed E-state index contributed by atoms with van der Waals surface area (Å²) in [5.41, 5.74) is 5.69. The number of rotatable bonds is 4. The molecule has 0 fully saturated rings. The Morgan fingerprint density at radius 3 is 1.74 bits per heavy atom. The zero-order chi connectivity index (χ0) is 21.2. The molecule has 0 saturated carbocycles. The molecule has 0 radical (unpaired) electrons. The number of benzene rings is 4. The van der Waals surface area contributed by atoms with Crippen LogP contribution in [0.2, 0.25) is 0 Å². The largest absolute Gasteiger partial charge is 0.252 e. The van der Waals surface area contributed by atoms with Crippen LogP contribution in [0.5, 0.6) is 0 Å². The molecule has 0 unspecified atom stereocenters. The Morgan fingerprint density at radius 1 is 0.645 bits per heavy atom. The van der Waals surface area contributed by atoms with Crippen molar-refractivity contribution in [2.75, 3.05) is 0 Å². The van der Waals surface area contributed by atoms with Gasteiger partial charge in [0.15, 0.2) is 0 Å². The lowest BCUT2D eigenvalue weighted by Gasteiger charge is -2.03. The highest BCUT2D eigenvalue weighted by Gasteiger charge is 2.14. The molecule has 1 heterocycles. The van der Waals surface area contributed by atoms with Crippen LogP contribution in [0.1, 0.15) is 20.3 Å². The third-order valence-electron chi connectivity index (χ3n) is 5.59. The van der Waals surface area contributed by atoms with E-state index in [0.717, 1.165) is 40.6 Å². The topological polar surface area (TPSA) is 37.1 Å². The predicted molar refractivity (Wildman–Crippen MR) is 134 cm³/mol. The van der Waals surface area contributed by atoms with Crippen LogP contribution in [0.3, 0.4) is 0 Å². The van der Waals surface area contributed by atoms with Crippen molar-refractivity contribution in [1.82, 2.24) is 0 Å². The summed E-state index contributed by atoms with van der Waals surface area (Å²) in [7, 11) is 0. The van der Waals surface area contributed by atoms with Gasteiger partial charge < -0.3 is 0 Å². The molecule has 5 rings (SSSR count). The molecule has 1 aliphatic rings. The molecule has 3 heteroatoms. The van der Waals surface area contributed by atoms with E-state index in [2.05, 4.69) is 91.0 Å². The van der Waals surface area contributed by atoms with Gasteiger partial charge in [0.05, 0.1) is 34.2 Å². The highest BCUT2D eigenvalue weighted by atomic mass is 14.9. The molecule has 4 aromatic carbocycles. The number of hydrogen-bond donors (Lipinski definition) is 0. The number of aliphatic imine (C=N–C) groups is 3. The van der Waals surface area contributed by atoms with Crippen LogP contribution in [0.25, 0.3) is 21.5 Å². The smallest absolute Gasteiger partial charge is 0.0810 e. The summed E-state index contributed by atoms with van der Waals surface area (Å²) in [4.78, 5) is 14.4. The van der Waals surface area contributed by atoms with Gasteiger partial charge in [-0.2, -0.15) is 0 Å². The van der Waals surface area contributed by atoms with E-state index >= 15 is 0 Å². The maximum atomic E-state index is 4.82. The van der Waals surface area contributed by atoms with Gasteiger partial charge in [-0.15, -0.1) is 0 Å². The Balaban J connectivity index is 1.37. The Kier molecular flexibility index (Phi) is 5.01. The first kappa shape index (κ1) is 19.1. The highest BCUT2D eigenvalue weighted by molar-refractivity contribution is 6.43. The molecule has 0 saturated heterocycles. The van der Waals surface area contributed by atoms with Gasteiger partial charge in [-0.1, -0.05) is 66.7 Å². The maximum absolute atomic E-state index is 4.82. The molecule has 0 spiro atoms. The Morgan fingerprint density at radius 2 is 1.16 bits per heavy atom. The van der Waals surface area contributed by atoms with E-state index in [-0.39, 0.29) is 0 Å². The first-order valence-corrected chi connectivity index (χ1v) is 10.5. The van der Waals surface area contributed by atoms with Crippen LogP contribution in [0.4, 0.5) is 11.4 Å². The van der Waals surface area contributed by atoms with Gasteiger partial charge in [0.1, 0.15) is 0 Å². The summed E-state index contributed by atoms with van der Waals surface area (Å²) in [6.07, 6.45) is 2.91. The Bertz CT molecular complexity index is 1420. The van der Waals surface area contributed by atoms with E-state index in [4.69, 9.17) is 15.0 Å². The van der Waals surface area contributed by atoms with Gasteiger partial charge in [0.2, 0.25) is 0 Å². The summed E-state index contributed by atoms with van der Waals surface area (Å²) < 4.78 is 0. The molecule has 150 valence electrons. The second-order valence-electron chi connectivity index (χ2n) is 7.81. The second kappa shape index (κ2) is 8.11. The van der Waals surface area contributed by atoms with Crippen molar-refractivity contribution in [2.45, 2.75) is 20.3 Å². The fourth-order valence-corrected chi connectivity index (χ4v) is 3.89. The quantitative estimate of drug-likeness (QED) is 0.316. The maximum Gasteiger partial charge on any atom is 0.0810 e. The molecule has 31 heavy (non-hydrogen) atoms. The van der Waals surface area contributed by atoms with Crippen molar-refractivity contribution >= 4 is 50.1 Å². The van der Waals surface area contributed by atoms with Gasteiger partial charge >= 0.3 is 0 Å².